The van der Waals surface area contributed by atoms with Gasteiger partial charge in [0.05, 0.1) is 4.92 Å². The van der Waals surface area contributed by atoms with Crippen LogP contribution in [0.25, 0.3) is 0 Å². The molecular weight excluding hydrogens is 240 g/mol. The Morgan fingerprint density at radius 3 is 2.63 bits per heavy atom. The molecule has 0 bridgehead atoms. The second kappa shape index (κ2) is 6.04. The minimum Gasteiger partial charge on any atom is -0.382 e. The lowest BCUT2D eigenvalue weighted by Gasteiger charge is -2.29. The molecule has 0 aliphatic heterocycles. The molecule has 1 atom stereocenters. The van der Waals surface area contributed by atoms with Gasteiger partial charge < -0.3 is 5.32 Å². The van der Waals surface area contributed by atoms with E-state index in [1.807, 2.05) is 13.0 Å². The number of non-ortho nitro benzene ring substituents is 1. The summed E-state index contributed by atoms with van der Waals surface area (Å²) >= 11 is 0. The zero-order chi connectivity index (χ0) is 13.8. The summed E-state index contributed by atoms with van der Waals surface area (Å²) in [6.45, 7) is 4.17. The Morgan fingerprint density at radius 1 is 1.32 bits per heavy atom. The van der Waals surface area contributed by atoms with Crippen LogP contribution in [-0.4, -0.2) is 11.0 Å². The summed E-state index contributed by atoms with van der Waals surface area (Å²) in [6.07, 6.45) is 6.50. The molecule has 1 aromatic rings. The van der Waals surface area contributed by atoms with Gasteiger partial charge in [0.1, 0.15) is 0 Å². The summed E-state index contributed by atoms with van der Waals surface area (Å²) in [7, 11) is 0. The van der Waals surface area contributed by atoms with E-state index in [0.29, 0.717) is 12.0 Å². The molecule has 1 fully saturated rings. The third-order valence-electron chi connectivity index (χ3n) is 4.17. The minimum atomic E-state index is -0.337. The van der Waals surface area contributed by atoms with Gasteiger partial charge in [0.15, 0.2) is 0 Å². The van der Waals surface area contributed by atoms with Crippen molar-refractivity contribution in [3.63, 3.8) is 0 Å². The Morgan fingerprint density at radius 2 is 2.00 bits per heavy atom. The van der Waals surface area contributed by atoms with Crippen molar-refractivity contribution >= 4 is 11.4 Å². The fourth-order valence-electron chi connectivity index (χ4n) is 2.88. The Balaban J connectivity index is 2.08. The van der Waals surface area contributed by atoms with Gasteiger partial charge in [-0.25, -0.2) is 0 Å². The molecule has 1 aliphatic carbocycles. The van der Waals surface area contributed by atoms with E-state index in [0.717, 1.165) is 11.3 Å². The normalized spacial score (nSPS) is 18.0. The average molecular weight is 262 g/mol. The van der Waals surface area contributed by atoms with Crippen molar-refractivity contribution in [2.24, 2.45) is 5.92 Å². The summed E-state index contributed by atoms with van der Waals surface area (Å²) in [4.78, 5) is 10.5. The van der Waals surface area contributed by atoms with Crippen molar-refractivity contribution < 1.29 is 4.92 Å². The van der Waals surface area contributed by atoms with Gasteiger partial charge in [0.25, 0.3) is 5.69 Å². The molecule has 0 saturated heterocycles. The maximum Gasteiger partial charge on any atom is 0.271 e. The molecule has 0 heterocycles. The van der Waals surface area contributed by atoms with Crippen LogP contribution < -0.4 is 5.32 Å². The first-order chi connectivity index (χ1) is 9.08. The number of hydrogen-bond acceptors (Lipinski definition) is 3. The predicted molar refractivity (Wildman–Crippen MR) is 77.5 cm³/mol. The molecule has 0 radical (unpaired) electrons. The second-order valence-electron chi connectivity index (χ2n) is 5.59. The van der Waals surface area contributed by atoms with Crippen molar-refractivity contribution in [2.75, 3.05) is 5.32 Å². The number of nitrogens with zero attached hydrogens (tertiary/aromatic N) is 1. The van der Waals surface area contributed by atoms with Crippen molar-refractivity contribution in [1.29, 1.82) is 0 Å². The molecule has 4 nitrogen and oxygen atoms in total. The average Bonchev–Trinajstić information content (AvgIpc) is 2.42. The van der Waals surface area contributed by atoms with E-state index >= 15 is 0 Å². The first-order valence-corrected chi connectivity index (χ1v) is 7.09. The predicted octanol–water partition coefficient (Wildman–Crippen LogP) is 4.28. The monoisotopic (exact) mass is 262 g/mol. The first kappa shape index (κ1) is 13.8. The lowest BCUT2D eigenvalue weighted by Crippen LogP contribution is -2.28. The first-order valence-electron chi connectivity index (χ1n) is 7.09. The Hall–Kier alpha value is -1.58. The van der Waals surface area contributed by atoms with Gasteiger partial charge >= 0.3 is 0 Å². The van der Waals surface area contributed by atoms with Crippen LogP contribution in [0.4, 0.5) is 11.4 Å². The standard InChI is InChI=1S/C15H22N2O2/c1-11-8-9-14(17(18)19)10-15(11)16-12(2)13-6-4-3-5-7-13/h8-10,12-13,16H,3-7H2,1-2H3. The molecule has 0 amide bonds. The summed E-state index contributed by atoms with van der Waals surface area (Å²) in [5, 5.41) is 14.3. The summed E-state index contributed by atoms with van der Waals surface area (Å²) in [5.74, 6) is 0.687. The highest BCUT2D eigenvalue weighted by molar-refractivity contribution is 5.57. The van der Waals surface area contributed by atoms with Crippen LogP contribution in [0.5, 0.6) is 0 Å². The van der Waals surface area contributed by atoms with E-state index in [2.05, 4.69) is 12.2 Å². The molecule has 0 spiro atoms. The molecule has 19 heavy (non-hydrogen) atoms. The van der Waals surface area contributed by atoms with Crippen molar-refractivity contribution in [3.05, 3.63) is 33.9 Å². The molecule has 2 rings (SSSR count). The number of hydrogen-bond donors (Lipinski definition) is 1. The van der Waals surface area contributed by atoms with Gasteiger partial charge in [0.2, 0.25) is 0 Å². The zero-order valence-corrected chi connectivity index (χ0v) is 11.7. The van der Waals surface area contributed by atoms with E-state index in [1.54, 1.807) is 12.1 Å². The molecule has 104 valence electrons. The van der Waals surface area contributed by atoms with E-state index in [1.165, 1.54) is 32.1 Å². The van der Waals surface area contributed by atoms with Crippen molar-refractivity contribution in [1.82, 2.24) is 0 Å². The van der Waals surface area contributed by atoms with Crippen LogP contribution in [0.3, 0.4) is 0 Å². The van der Waals surface area contributed by atoms with Gasteiger partial charge in [-0.15, -0.1) is 0 Å². The smallest absolute Gasteiger partial charge is 0.271 e. The number of nitro benzene ring substituents is 1. The van der Waals surface area contributed by atoms with Crippen LogP contribution in [0.15, 0.2) is 18.2 Å². The van der Waals surface area contributed by atoms with Crippen LogP contribution in [0.2, 0.25) is 0 Å². The van der Waals surface area contributed by atoms with Crippen LogP contribution in [0.1, 0.15) is 44.6 Å². The molecule has 1 aliphatic rings. The van der Waals surface area contributed by atoms with Gasteiger partial charge in [-0.05, 0) is 38.2 Å². The molecule has 1 aromatic carbocycles. The molecule has 1 N–H and O–H groups in total. The quantitative estimate of drug-likeness (QED) is 0.650. The van der Waals surface area contributed by atoms with Crippen molar-refractivity contribution in [3.8, 4) is 0 Å². The number of nitro groups is 1. The topological polar surface area (TPSA) is 55.2 Å². The van der Waals surface area contributed by atoms with Crippen LogP contribution in [0, 0.1) is 23.0 Å². The number of aryl methyl sites for hydroxylation is 1. The third-order valence-corrected chi connectivity index (χ3v) is 4.17. The largest absolute Gasteiger partial charge is 0.382 e. The highest BCUT2D eigenvalue weighted by atomic mass is 16.6. The van der Waals surface area contributed by atoms with E-state index in [-0.39, 0.29) is 10.6 Å². The number of nitrogens with one attached hydrogen (secondary N) is 1. The Bertz CT molecular complexity index is 453. The number of benzene rings is 1. The van der Waals surface area contributed by atoms with Gasteiger partial charge in [-0.1, -0.05) is 25.3 Å². The third kappa shape index (κ3) is 3.46. The number of anilines is 1. The van der Waals surface area contributed by atoms with Gasteiger partial charge in [-0.2, -0.15) is 0 Å². The lowest BCUT2D eigenvalue weighted by molar-refractivity contribution is -0.384. The molecule has 1 saturated carbocycles. The van der Waals surface area contributed by atoms with Gasteiger partial charge in [-0.3, -0.25) is 10.1 Å². The summed E-state index contributed by atoms with van der Waals surface area (Å²) in [5.41, 5.74) is 2.12. The lowest BCUT2D eigenvalue weighted by atomic mass is 9.84. The van der Waals surface area contributed by atoms with E-state index in [9.17, 15) is 10.1 Å². The molecule has 1 unspecified atom stereocenters. The molecule has 4 heteroatoms. The molecular formula is C15H22N2O2. The van der Waals surface area contributed by atoms with Gasteiger partial charge in [0, 0.05) is 23.9 Å². The maximum absolute atomic E-state index is 10.8. The summed E-state index contributed by atoms with van der Waals surface area (Å²) < 4.78 is 0. The highest BCUT2D eigenvalue weighted by Crippen LogP contribution is 2.29. The fourth-order valence-corrected chi connectivity index (χ4v) is 2.88. The summed E-state index contributed by atoms with van der Waals surface area (Å²) in [6, 6.07) is 5.40. The van der Waals surface area contributed by atoms with E-state index < -0.39 is 0 Å². The Kier molecular flexibility index (Phi) is 4.40. The fraction of sp³-hybridized carbons (Fsp3) is 0.600. The maximum atomic E-state index is 10.8. The SMILES string of the molecule is Cc1ccc([N+](=O)[O-])cc1NC(C)C1CCCCC1. The second-order valence-corrected chi connectivity index (χ2v) is 5.59. The Labute approximate surface area is 114 Å². The zero-order valence-electron chi connectivity index (χ0n) is 11.7. The van der Waals surface area contributed by atoms with Crippen LogP contribution >= 0.6 is 0 Å². The van der Waals surface area contributed by atoms with Crippen LogP contribution in [-0.2, 0) is 0 Å². The van der Waals surface area contributed by atoms with E-state index in [4.69, 9.17) is 0 Å². The van der Waals surface area contributed by atoms with Crippen molar-refractivity contribution in [2.45, 2.75) is 52.0 Å². The number of rotatable bonds is 4. The highest BCUT2D eigenvalue weighted by Gasteiger charge is 2.20. The molecule has 0 aromatic heterocycles. The minimum absolute atomic E-state index is 0.156.